The first-order valence-corrected chi connectivity index (χ1v) is 5.34. The van der Waals surface area contributed by atoms with Crippen molar-refractivity contribution in [3.05, 3.63) is 29.6 Å². The summed E-state index contributed by atoms with van der Waals surface area (Å²) >= 11 is 3.36. The Bertz CT molecular complexity index is 234. The van der Waals surface area contributed by atoms with Crippen molar-refractivity contribution in [2.45, 2.75) is 4.21 Å². The summed E-state index contributed by atoms with van der Waals surface area (Å²) in [7, 11) is -1.33. The molecule has 1 rings (SSSR count). The summed E-state index contributed by atoms with van der Waals surface area (Å²) in [5.41, 5.74) is 0. The maximum Gasteiger partial charge on any atom is 0.480 e. The third-order valence-electron chi connectivity index (χ3n) is 1.13. The molecule has 5 heteroatoms. The van der Waals surface area contributed by atoms with Crippen LogP contribution in [-0.2, 0) is 0 Å². The quantitative estimate of drug-likeness (QED) is 0.570. The molecule has 0 unspecified atom stereocenters. The molecule has 2 N–H and O–H groups in total. The van der Waals surface area contributed by atoms with Gasteiger partial charge in [0.1, 0.15) is 0 Å². The van der Waals surface area contributed by atoms with E-state index in [2.05, 4.69) is 0 Å². The minimum Gasteiger partial charge on any atom is -0.424 e. The predicted molar refractivity (Wildman–Crippen MR) is 54.4 cm³/mol. The second-order valence-electron chi connectivity index (χ2n) is 2.08. The average Bonchev–Trinajstić information content (AvgIpc) is 2.49. The van der Waals surface area contributed by atoms with Gasteiger partial charge < -0.3 is 10.0 Å². The van der Waals surface area contributed by atoms with Gasteiger partial charge in [0, 0.05) is 5.75 Å². The molecular weight excluding hydrogens is 191 g/mol. The van der Waals surface area contributed by atoms with Gasteiger partial charge in [0.2, 0.25) is 0 Å². The van der Waals surface area contributed by atoms with Crippen LogP contribution in [-0.4, -0.2) is 22.9 Å². The lowest BCUT2D eigenvalue weighted by Crippen LogP contribution is -2.05. The van der Waals surface area contributed by atoms with Gasteiger partial charge in [-0.3, -0.25) is 0 Å². The van der Waals surface area contributed by atoms with Crippen LogP contribution in [0.5, 0.6) is 0 Å². The van der Waals surface area contributed by atoms with Gasteiger partial charge in [-0.2, -0.15) is 0 Å². The SMILES string of the molecule is OB(O)/C=C/CSc1cccs1. The largest absolute Gasteiger partial charge is 0.480 e. The van der Waals surface area contributed by atoms with Crippen molar-refractivity contribution in [2.75, 3.05) is 5.75 Å². The van der Waals surface area contributed by atoms with E-state index in [-0.39, 0.29) is 0 Å². The standard InChI is InChI=1S/C7H9BO2S2/c9-8(10)4-2-6-12-7-3-1-5-11-7/h1-5,9-10H,6H2/b4-2+. The Balaban J connectivity index is 2.19. The molecule has 0 aromatic carbocycles. The smallest absolute Gasteiger partial charge is 0.424 e. The minimum absolute atomic E-state index is 0.776. The molecule has 0 saturated heterocycles. The highest BCUT2D eigenvalue weighted by molar-refractivity contribution is 8.01. The van der Waals surface area contributed by atoms with E-state index < -0.39 is 7.12 Å². The van der Waals surface area contributed by atoms with Crippen molar-refractivity contribution in [2.24, 2.45) is 0 Å². The highest BCUT2D eigenvalue weighted by Crippen LogP contribution is 2.22. The first kappa shape index (κ1) is 9.86. The van der Waals surface area contributed by atoms with Gasteiger partial charge in [0.05, 0.1) is 4.21 Å². The van der Waals surface area contributed by atoms with Gasteiger partial charge in [-0.15, -0.1) is 23.1 Å². The van der Waals surface area contributed by atoms with Gasteiger partial charge in [-0.05, 0) is 11.4 Å². The highest BCUT2D eigenvalue weighted by Gasteiger charge is 1.97. The monoisotopic (exact) mass is 200 g/mol. The highest BCUT2D eigenvalue weighted by atomic mass is 32.2. The molecule has 1 heterocycles. The van der Waals surface area contributed by atoms with Gasteiger partial charge in [-0.25, -0.2) is 0 Å². The molecule has 0 radical (unpaired) electrons. The van der Waals surface area contributed by atoms with Gasteiger partial charge in [0.15, 0.2) is 0 Å². The Kier molecular flexibility index (Phi) is 4.46. The molecular formula is C7H9BO2S2. The summed E-state index contributed by atoms with van der Waals surface area (Å²) in [6, 6.07) is 4.04. The van der Waals surface area contributed by atoms with E-state index in [1.165, 1.54) is 10.2 Å². The Morgan fingerprint density at radius 2 is 2.42 bits per heavy atom. The molecule has 0 saturated carbocycles. The summed E-state index contributed by atoms with van der Waals surface area (Å²) in [6.07, 6.45) is 1.75. The van der Waals surface area contributed by atoms with Crippen LogP contribution in [0.4, 0.5) is 0 Å². The Morgan fingerprint density at radius 3 is 3.00 bits per heavy atom. The van der Waals surface area contributed by atoms with Crippen molar-refractivity contribution in [1.29, 1.82) is 0 Å². The van der Waals surface area contributed by atoms with Gasteiger partial charge in [-0.1, -0.05) is 18.1 Å². The molecule has 0 aliphatic rings. The molecule has 0 spiro atoms. The number of hydrogen-bond acceptors (Lipinski definition) is 4. The van der Waals surface area contributed by atoms with E-state index in [0.717, 1.165) is 5.75 Å². The second kappa shape index (κ2) is 5.43. The summed E-state index contributed by atoms with van der Waals surface area (Å²) in [5.74, 6) is 2.14. The third-order valence-corrected chi connectivity index (χ3v) is 3.21. The molecule has 0 bridgehead atoms. The molecule has 12 heavy (non-hydrogen) atoms. The van der Waals surface area contributed by atoms with Crippen molar-refractivity contribution in [1.82, 2.24) is 0 Å². The van der Waals surface area contributed by atoms with E-state index in [0.29, 0.717) is 0 Å². The van der Waals surface area contributed by atoms with Crippen LogP contribution in [0, 0.1) is 0 Å². The summed E-state index contributed by atoms with van der Waals surface area (Å²) in [4.78, 5) is 0. The zero-order valence-electron chi connectivity index (χ0n) is 6.38. The number of hydrogen-bond donors (Lipinski definition) is 2. The lowest BCUT2D eigenvalue weighted by Gasteiger charge is -1.90. The van der Waals surface area contributed by atoms with Crippen LogP contribution in [0.15, 0.2) is 33.8 Å². The molecule has 1 aromatic rings. The molecule has 1 aromatic heterocycles. The molecule has 0 atom stereocenters. The number of rotatable bonds is 4. The van der Waals surface area contributed by atoms with Crippen molar-refractivity contribution >= 4 is 30.2 Å². The van der Waals surface area contributed by atoms with E-state index in [4.69, 9.17) is 10.0 Å². The van der Waals surface area contributed by atoms with Crippen molar-refractivity contribution in [3.63, 3.8) is 0 Å². The Labute approximate surface area is 80.1 Å². The van der Waals surface area contributed by atoms with Crippen LogP contribution in [0.3, 0.4) is 0 Å². The lowest BCUT2D eigenvalue weighted by atomic mass is 9.92. The maximum absolute atomic E-state index is 8.47. The van der Waals surface area contributed by atoms with Crippen LogP contribution in [0.1, 0.15) is 0 Å². The number of thioether (sulfide) groups is 1. The summed E-state index contributed by atoms with van der Waals surface area (Å²) in [6.45, 7) is 0. The van der Waals surface area contributed by atoms with Gasteiger partial charge in [0.25, 0.3) is 0 Å². The second-order valence-corrected chi connectivity index (χ2v) is 4.35. The molecule has 2 nitrogen and oxygen atoms in total. The lowest BCUT2D eigenvalue weighted by molar-refractivity contribution is 0.424. The van der Waals surface area contributed by atoms with E-state index in [1.54, 1.807) is 29.2 Å². The summed E-state index contributed by atoms with van der Waals surface area (Å²) in [5, 5.41) is 19.0. The molecule has 64 valence electrons. The Morgan fingerprint density at radius 1 is 1.58 bits per heavy atom. The fourth-order valence-corrected chi connectivity index (χ4v) is 2.29. The third kappa shape index (κ3) is 3.97. The molecule has 0 amide bonds. The Hall–Kier alpha value is -0.225. The van der Waals surface area contributed by atoms with Crippen LogP contribution in [0.25, 0.3) is 0 Å². The van der Waals surface area contributed by atoms with E-state index >= 15 is 0 Å². The molecule has 0 aliphatic heterocycles. The normalized spacial score (nSPS) is 10.8. The average molecular weight is 200 g/mol. The van der Waals surface area contributed by atoms with Crippen LogP contribution < -0.4 is 0 Å². The predicted octanol–water partition coefficient (Wildman–Crippen LogP) is 1.41. The topological polar surface area (TPSA) is 40.5 Å². The van der Waals surface area contributed by atoms with E-state index in [9.17, 15) is 0 Å². The molecule has 0 aliphatic carbocycles. The minimum atomic E-state index is -1.33. The van der Waals surface area contributed by atoms with Crippen LogP contribution >= 0.6 is 23.1 Å². The van der Waals surface area contributed by atoms with Crippen LogP contribution in [0.2, 0.25) is 0 Å². The first-order valence-electron chi connectivity index (χ1n) is 3.48. The first-order chi connectivity index (χ1) is 5.79. The van der Waals surface area contributed by atoms with Crippen molar-refractivity contribution < 1.29 is 10.0 Å². The number of thiophene rings is 1. The fraction of sp³-hybridized carbons (Fsp3) is 0.143. The van der Waals surface area contributed by atoms with Crippen molar-refractivity contribution in [3.8, 4) is 0 Å². The molecule has 0 fully saturated rings. The maximum atomic E-state index is 8.47. The van der Waals surface area contributed by atoms with Gasteiger partial charge >= 0.3 is 7.12 Å². The fourth-order valence-electron chi connectivity index (χ4n) is 0.653. The summed E-state index contributed by atoms with van der Waals surface area (Å²) < 4.78 is 1.24. The zero-order chi connectivity index (χ0) is 8.81. The zero-order valence-corrected chi connectivity index (χ0v) is 8.02. The van der Waals surface area contributed by atoms with E-state index in [1.807, 2.05) is 17.5 Å².